The standard InChI is InChI=1S/C19H24N4O3S/c24-19(16-17-6-2-1-3-7-17)21-10-15-27(25,26)23-13-11-22(12-14-23)18-8-4-5-9-20-18/h1-9H,10-16H2,(H,21,24). The van der Waals surface area contributed by atoms with Crippen LogP contribution in [-0.2, 0) is 21.2 Å². The number of rotatable bonds is 7. The maximum Gasteiger partial charge on any atom is 0.224 e. The van der Waals surface area contributed by atoms with Crippen LogP contribution >= 0.6 is 0 Å². The van der Waals surface area contributed by atoms with Crippen LogP contribution in [0.3, 0.4) is 0 Å². The fraction of sp³-hybridized carbons (Fsp3) is 0.368. The second-order valence-corrected chi connectivity index (χ2v) is 8.49. The quantitative estimate of drug-likeness (QED) is 0.762. The van der Waals surface area contributed by atoms with Crippen LogP contribution in [0.2, 0.25) is 0 Å². The van der Waals surface area contributed by atoms with Gasteiger partial charge in [-0.3, -0.25) is 4.79 Å². The highest BCUT2D eigenvalue weighted by molar-refractivity contribution is 7.89. The fourth-order valence-corrected chi connectivity index (χ4v) is 4.37. The number of carbonyl (C=O) groups excluding carboxylic acids is 1. The van der Waals surface area contributed by atoms with Crippen molar-refractivity contribution in [3.8, 4) is 0 Å². The summed E-state index contributed by atoms with van der Waals surface area (Å²) in [5, 5.41) is 2.70. The first-order chi connectivity index (χ1) is 13.0. The van der Waals surface area contributed by atoms with Crippen LogP contribution < -0.4 is 10.2 Å². The zero-order valence-corrected chi connectivity index (χ0v) is 15.9. The Labute approximate surface area is 160 Å². The van der Waals surface area contributed by atoms with E-state index in [1.165, 1.54) is 4.31 Å². The van der Waals surface area contributed by atoms with E-state index in [4.69, 9.17) is 0 Å². The minimum Gasteiger partial charge on any atom is -0.355 e. The lowest BCUT2D eigenvalue weighted by atomic mass is 10.1. The third-order valence-electron chi connectivity index (χ3n) is 4.49. The summed E-state index contributed by atoms with van der Waals surface area (Å²) in [4.78, 5) is 18.3. The van der Waals surface area contributed by atoms with Crippen LogP contribution in [0.15, 0.2) is 54.7 Å². The summed E-state index contributed by atoms with van der Waals surface area (Å²) in [6.45, 7) is 2.19. The lowest BCUT2D eigenvalue weighted by Crippen LogP contribution is -2.50. The van der Waals surface area contributed by atoms with Crippen molar-refractivity contribution in [2.45, 2.75) is 6.42 Å². The molecule has 0 spiro atoms. The Morgan fingerprint density at radius 3 is 2.37 bits per heavy atom. The number of benzene rings is 1. The van der Waals surface area contributed by atoms with E-state index in [1.807, 2.05) is 48.5 Å². The van der Waals surface area contributed by atoms with Crippen molar-refractivity contribution in [2.75, 3.05) is 43.4 Å². The van der Waals surface area contributed by atoms with Crippen LogP contribution in [0.4, 0.5) is 5.82 Å². The molecule has 0 atom stereocenters. The Bertz CT molecular complexity index is 836. The predicted molar refractivity (Wildman–Crippen MR) is 105 cm³/mol. The average molecular weight is 388 g/mol. The molecular weight excluding hydrogens is 364 g/mol. The highest BCUT2D eigenvalue weighted by Crippen LogP contribution is 2.14. The number of pyridine rings is 1. The van der Waals surface area contributed by atoms with Gasteiger partial charge in [-0.25, -0.2) is 13.4 Å². The third-order valence-corrected chi connectivity index (χ3v) is 6.37. The summed E-state index contributed by atoms with van der Waals surface area (Å²) in [7, 11) is -3.39. The van der Waals surface area contributed by atoms with Gasteiger partial charge < -0.3 is 10.2 Å². The molecule has 1 amide bonds. The largest absolute Gasteiger partial charge is 0.355 e. The van der Waals surface area contributed by atoms with E-state index in [9.17, 15) is 13.2 Å². The number of hydrogen-bond acceptors (Lipinski definition) is 5. The Morgan fingerprint density at radius 2 is 1.70 bits per heavy atom. The number of sulfonamides is 1. The molecule has 0 aliphatic carbocycles. The van der Waals surface area contributed by atoms with E-state index < -0.39 is 10.0 Å². The number of piperazine rings is 1. The van der Waals surface area contributed by atoms with Crippen LogP contribution in [0.5, 0.6) is 0 Å². The molecule has 1 saturated heterocycles. The minimum absolute atomic E-state index is 0.0862. The van der Waals surface area contributed by atoms with Gasteiger partial charge in [0.1, 0.15) is 5.82 Å². The number of amides is 1. The Kier molecular flexibility index (Phi) is 6.41. The molecule has 3 rings (SSSR count). The summed E-state index contributed by atoms with van der Waals surface area (Å²) in [5.41, 5.74) is 0.906. The lowest BCUT2D eigenvalue weighted by molar-refractivity contribution is -0.120. The summed E-state index contributed by atoms with van der Waals surface area (Å²) in [6, 6.07) is 15.1. The predicted octanol–water partition coefficient (Wildman–Crippen LogP) is 0.892. The number of hydrogen-bond donors (Lipinski definition) is 1. The molecule has 1 aliphatic rings. The van der Waals surface area contributed by atoms with Crippen molar-refractivity contribution in [3.05, 3.63) is 60.3 Å². The number of nitrogens with one attached hydrogen (secondary N) is 1. The van der Waals surface area contributed by atoms with Crippen LogP contribution in [0.25, 0.3) is 0 Å². The minimum atomic E-state index is -3.39. The van der Waals surface area contributed by atoms with E-state index in [2.05, 4.69) is 15.2 Å². The average Bonchev–Trinajstić information content (AvgIpc) is 2.69. The SMILES string of the molecule is O=C(Cc1ccccc1)NCCS(=O)(=O)N1CCN(c2ccccn2)CC1. The molecule has 0 unspecified atom stereocenters. The number of anilines is 1. The monoisotopic (exact) mass is 388 g/mol. The maximum absolute atomic E-state index is 12.5. The van der Waals surface area contributed by atoms with Gasteiger partial charge in [0.05, 0.1) is 12.2 Å². The van der Waals surface area contributed by atoms with E-state index in [-0.39, 0.29) is 24.6 Å². The smallest absolute Gasteiger partial charge is 0.224 e. The molecule has 2 heterocycles. The molecule has 8 heteroatoms. The van der Waals surface area contributed by atoms with Gasteiger partial charge in [0, 0.05) is 38.9 Å². The zero-order chi connectivity index (χ0) is 19.1. The Hall–Kier alpha value is -2.45. The van der Waals surface area contributed by atoms with Crippen molar-refractivity contribution < 1.29 is 13.2 Å². The molecule has 1 aromatic heterocycles. The van der Waals surface area contributed by atoms with E-state index in [0.29, 0.717) is 26.2 Å². The van der Waals surface area contributed by atoms with Gasteiger partial charge in [-0.1, -0.05) is 36.4 Å². The van der Waals surface area contributed by atoms with Crippen molar-refractivity contribution >= 4 is 21.7 Å². The Balaban J connectivity index is 1.43. The second-order valence-electron chi connectivity index (χ2n) is 6.40. The molecule has 0 saturated carbocycles. The van der Waals surface area contributed by atoms with Gasteiger partial charge in [-0.05, 0) is 17.7 Å². The molecule has 2 aromatic rings. The van der Waals surface area contributed by atoms with Crippen LogP contribution in [0.1, 0.15) is 5.56 Å². The van der Waals surface area contributed by atoms with E-state index in [0.717, 1.165) is 11.4 Å². The highest BCUT2D eigenvalue weighted by Gasteiger charge is 2.27. The first-order valence-electron chi connectivity index (χ1n) is 8.99. The molecule has 1 aromatic carbocycles. The molecule has 0 bridgehead atoms. The molecular formula is C19H24N4O3S. The first-order valence-corrected chi connectivity index (χ1v) is 10.6. The molecule has 144 valence electrons. The fourth-order valence-electron chi connectivity index (χ4n) is 3.03. The molecule has 27 heavy (non-hydrogen) atoms. The van der Waals surface area contributed by atoms with Crippen LogP contribution in [0, 0.1) is 0 Å². The summed E-state index contributed by atoms with van der Waals surface area (Å²) < 4.78 is 26.5. The van der Waals surface area contributed by atoms with Crippen molar-refractivity contribution in [1.29, 1.82) is 0 Å². The van der Waals surface area contributed by atoms with Gasteiger partial charge >= 0.3 is 0 Å². The first kappa shape index (κ1) is 19.3. The van der Waals surface area contributed by atoms with E-state index in [1.54, 1.807) is 6.20 Å². The second kappa shape index (κ2) is 8.96. The summed E-state index contributed by atoms with van der Waals surface area (Å²) in [6.07, 6.45) is 1.99. The highest BCUT2D eigenvalue weighted by atomic mass is 32.2. The van der Waals surface area contributed by atoms with Crippen molar-refractivity contribution in [3.63, 3.8) is 0 Å². The molecule has 7 nitrogen and oxygen atoms in total. The summed E-state index contributed by atoms with van der Waals surface area (Å²) >= 11 is 0. The normalized spacial score (nSPS) is 15.5. The molecule has 1 aliphatic heterocycles. The van der Waals surface area contributed by atoms with E-state index >= 15 is 0 Å². The summed E-state index contributed by atoms with van der Waals surface area (Å²) in [5.74, 6) is 0.607. The van der Waals surface area contributed by atoms with Gasteiger partial charge in [0.2, 0.25) is 15.9 Å². The topological polar surface area (TPSA) is 82.6 Å². The van der Waals surface area contributed by atoms with Crippen LogP contribution in [-0.4, -0.2) is 62.1 Å². The lowest BCUT2D eigenvalue weighted by Gasteiger charge is -2.34. The molecule has 1 N–H and O–H groups in total. The van der Waals surface area contributed by atoms with Gasteiger partial charge in [-0.2, -0.15) is 4.31 Å². The number of carbonyl (C=O) groups is 1. The third kappa shape index (κ3) is 5.51. The van der Waals surface area contributed by atoms with Gasteiger partial charge in [0.25, 0.3) is 0 Å². The zero-order valence-electron chi connectivity index (χ0n) is 15.1. The number of nitrogens with zero attached hydrogens (tertiary/aromatic N) is 3. The van der Waals surface area contributed by atoms with Gasteiger partial charge in [0.15, 0.2) is 0 Å². The Morgan fingerprint density at radius 1 is 1.00 bits per heavy atom. The van der Waals surface area contributed by atoms with Crippen molar-refractivity contribution in [2.24, 2.45) is 0 Å². The van der Waals surface area contributed by atoms with Gasteiger partial charge in [-0.15, -0.1) is 0 Å². The molecule has 1 fully saturated rings. The molecule has 0 radical (unpaired) electrons. The number of aromatic nitrogens is 1. The maximum atomic E-state index is 12.5. The van der Waals surface area contributed by atoms with Crippen molar-refractivity contribution in [1.82, 2.24) is 14.6 Å².